The van der Waals surface area contributed by atoms with Crippen molar-refractivity contribution in [3.8, 4) is 5.75 Å². The number of aromatic hydroxyl groups is 1. The van der Waals surface area contributed by atoms with Crippen molar-refractivity contribution in [2.75, 3.05) is 0 Å². The minimum Gasteiger partial charge on any atom is -0.501 e. The summed E-state index contributed by atoms with van der Waals surface area (Å²) in [5.41, 5.74) is -2.54. The van der Waals surface area contributed by atoms with E-state index in [1.807, 2.05) is 0 Å². The lowest BCUT2D eigenvalue weighted by molar-refractivity contribution is 0.0869. The van der Waals surface area contributed by atoms with Crippen LogP contribution in [0.1, 0.15) is 52.3 Å². The van der Waals surface area contributed by atoms with Gasteiger partial charge in [-0.05, 0) is 19.9 Å². The highest BCUT2D eigenvalue weighted by Crippen LogP contribution is 2.20. The van der Waals surface area contributed by atoms with Crippen LogP contribution in [-0.2, 0) is 19.1 Å². The Bertz CT molecular complexity index is 1250. The molecule has 0 atom stereocenters. The average molecular weight is 444 g/mol. The highest BCUT2D eigenvalue weighted by atomic mass is 19.1. The molecule has 2 heterocycles. The Labute approximate surface area is 181 Å². The fraction of sp³-hybridized carbons (Fsp3) is 0.300. The van der Waals surface area contributed by atoms with E-state index in [0.29, 0.717) is 0 Å². The van der Waals surface area contributed by atoms with Crippen molar-refractivity contribution in [3.63, 3.8) is 0 Å². The average Bonchev–Trinajstić information content (AvgIpc) is 3.17. The third kappa shape index (κ3) is 4.48. The van der Waals surface area contributed by atoms with Crippen LogP contribution in [0.25, 0.3) is 0 Å². The molecule has 2 amide bonds. The predicted octanol–water partition coefficient (Wildman–Crippen LogP) is 0.912. The molecule has 32 heavy (non-hydrogen) atoms. The summed E-state index contributed by atoms with van der Waals surface area (Å²) in [6, 6.07) is 5.83. The summed E-state index contributed by atoms with van der Waals surface area (Å²) in [5, 5.41) is 22.4. The molecular formula is C20H21FN6O5. The molecular weight excluding hydrogens is 423 g/mol. The van der Waals surface area contributed by atoms with Crippen molar-refractivity contribution in [1.29, 1.82) is 0 Å². The van der Waals surface area contributed by atoms with Crippen molar-refractivity contribution in [2.24, 2.45) is 7.05 Å². The third-order valence-corrected chi connectivity index (χ3v) is 4.58. The van der Waals surface area contributed by atoms with E-state index in [2.05, 4.69) is 25.8 Å². The molecule has 3 rings (SSSR count). The first kappa shape index (κ1) is 22.6. The summed E-state index contributed by atoms with van der Waals surface area (Å²) in [5.74, 6) is -3.13. The minimum atomic E-state index is -1.29. The molecule has 0 unspecified atom stereocenters. The van der Waals surface area contributed by atoms with E-state index in [1.165, 1.54) is 46.0 Å². The predicted molar refractivity (Wildman–Crippen MR) is 108 cm³/mol. The summed E-state index contributed by atoms with van der Waals surface area (Å²) < 4.78 is 19.9. The first-order chi connectivity index (χ1) is 15.0. The zero-order chi connectivity index (χ0) is 23.6. The molecule has 0 fully saturated rings. The van der Waals surface area contributed by atoms with E-state index in [9.17, 15) is 23.9 Å². The van der Waals surface area contributed by atoms with Gasteiger partial charge in [-0.2, -0.15) is 0 Å². The summed E-state index contributed by atoms with van der Waals surface area (Å²) >= 11 is 0. The quantitative estimate of drug-likeness (QED) is 0.507. The third-order valence-electron chi connectivity index (χ3n) is 4.58. The number of carbonyl (C=O) groups is 2. The topological polar surface area (TPSA) is 152 Å². The summed E-state index contributed by atoms with van der Waals surface area (Å²) in [6.45, 7) is 4.40. The van der Waals surface area contributed by atoms with Gasteiger partial charge in [-0.25, -0.2) is 9.37 Å². The summed E-state index contributed by atoms with van der Waals surface area (Å²) in [6.07, 6.45) is 0. The van der Waals surface area contributed by atoms with Gasteiger partial charge in [-0.15, -0.1) is 10.2 Å². The van der Waals surface area contributed by atoms with Crippen LogP contribution in [0.15, 0.2) is 33.5 Å². The zero-order valence-corrected chi connectivity index (χ0v) is 17.8. The number of aryl methyl sites for hydroxylation is 1. The van der Waals surface area contributed by atoms with Gasteiger partial charge in [-0.1, -0.05) is 18.2 Å². The molecule has 0 aliphatic carbocycles. The van der Waals surface area contributed by atoms with Crippen LogP contribution >= 0.6 is 0 Å². The molecule has 0 aliphatic heterocycles. The Morgan fingerprint density at radius 1 is 1.22 bits per heavy atom. The lowest BCUT2D eigenvalue weighted by Crippen LogP contribution is -2.46. The summed E-state index contributed by atoms with van der Waals surface area (Å²) in [4.78, 5) is 41.7. The molecule has 0 saturated carbocycles. The number of amides is 2. The number of hydrogen-bond acceptors (Lipinski definition) is 8. The number of hydrogen-bond donors (Lipinski definition) is 3. The van der Waals surface area contributed by atoms with Gasteiger partial charge in [0, 0.05) is 26.1 Å². The fourth-order valence-electron chi connectivity index (χ4n) is 2.99. The van der Waals surface area contributed by atoms with E-state index in [-0.39, 0.29) is 29.7 Å². The minimum absolute atomic E-state index is 0.0269. The molecule has 168 valence electrons. The van der Waals surface area contributed by atoms with Crippen LogP contribution in [0.5, 0.6) is 5.75 Å². The largest absolute Gasteiger partial charge is 0.501 e. The lowest BCUT2D eigenvalue weighted by Gasteiger charge is -2.27. The molecule has 0 saturated heterocycles. The Morgan fingerprint density at radius 3 is 2.53 bits per heavy atom. The molecule has 0 radical (unpaired) electrons. The van der Waals surface area contributed by atoms with Crippen molar-refractivity contribution in [3.05, 3.63) is 69.3 Å². The first-order valence-electron chi connectivity index (χ1n) is 9.46. The molecule has 3 aromatic rings. The SMILES string of the molecule is Cc1nnc(C(=O)NC(C)(C)c2nc(C(=O)NCc3ccccc3F)c(O)c(=O)n2C)o1. The Balaban J connectivity index is 1.90. The Kier molecular flexibility index (Phi) is 6.05. The number of aromatic nitrogens is 4. The Hall–Kier alpha value is -4.09. The normalized spacial score (nSPS) is 11.3. The number of carbonyl (C=O) groups excluding carboxylic acids is 2. The number of benzene rings is 1. The number of nitrogens with one attached hydrogen (secondary N) is 2. The molecule has 12 heteroatoms. The van der Waals surface area contributed by atoms with Crippen molar-refractivity contribution < 1.29 is 23.5 Å². The molecule has 11 nitrogen and oxygen atoms in total. The second kappa shape index (κ2) is 8.57. The van der Waals surface area contributed by atoms with Gasteiger partial charge in [0.15, 0.2) is 5.69 Å². The van der Waals surface area contributed by atoms with Crippen LogP contribution in [0.2, 0.25) is 0 Å². The highest BCUT2D eigenvalue weighted by Gasteiger charge is 2.32. The lowest BCUT2D eigenvalue weighted by atomic mass is 10.0. The number of rotatable bonds is 6. The van der Waals surface area contributed by atoms with Gasteiger partial charge in [0.1, 0.15) is 11.6 Å². The van der Waals surface area contributed by atoms with Gasteiger partial charge in [0.05, 0.1) is 5.54 Å². The molecule has 2 aromatic heterocycles. The van der Waals surface area contributed by atoms with Gasteiger partial charge in [0.2, 0.25) is 11.6 Å². The number of halogens is 1. The zero-order valence-electron chi connectivity index (χ0n) is 17.8. The van der Waals surface area contributed by atoms with Gasteiger partial charge in [0.25, 0.3) is 11.5 Å². The molecule has 0 spiro atoms. The van der Waals surface area contributed by atoms with E-state index in [4.69, 9.17) is 4.42 Å². The highest BCUT2D eigenvalue weighted by molar-refractivity contribution is 5.94. The maximum atomic E-state index is 13.8. The molecule has 0 aliphatic rings. The standard InChI is InChI=1S/C20H21FN6O5/c1-10-25-26-17(32-10)16(30)24-20(2,3)19-23-13(14(28)18(31)27(19)4)15(29)22-9-11-7-5-6-8-12(11)21/h5-8,28H,9H2,1-4H3,(H,22,29)(H,24,30). The second-order valence-electron chi connectivity index (χ2n) is 7.48. The first-order valence-corrected chi connectivity index (χ1v) is 9.46. The number of nitrogens with zero attached hydrogens (tertiary/aromatic N) is 4. The van der Waals surface area contributed by atoms with Crippen LogP contribution in [0.4, 0.5) is 4.39 Å². The maximum absolute atomic E-state index is 13.8. The molecule has 1 aromatic carbocycles. The van der Waals surface area contributed by atoms with E-state index in [1.54, 1.807) is 6.07 Å². The molecule has 0 bridgehead atoms. The van der Waals surface area contributed by atoms with Crippen molar-refractivity contribution in [1.82, 2.24) is 30.4 Å². The molecule has 3 N–H and O–H groups in total. The van der Waals surface area contributed by atoms with Crippen LogP contribution in [0.3, 0.4) is 0 Å². The van der Waals surface area contributed by atoms with Crippen LogP contribution < -0.4 is 16.2 Å². The van der Waals surface area contributed by atoms with E-state index in [0.717, 1.165) is 4.57 Å². The monoisotopic (exact) mass is 444 g/mol. The van der Waals surface area contributed by atoms with Gasteiger partial charge < -0.3 is 20.2 Å². The van der Waals surface area contributed by atoms with Crippen LogP contribution in [0, 0.1) is 12.7 Å². The van der Waals surface area contributed by atoms with Gasteiger partial charge >= 0.3 is 11.8 Å². The second-order valence-corrected chi connectivity index (χ2v) is 7.48. The van der Waals surface area contributed by atoms with Crippen molar-refractivity contribution >= 4 is 11.8 Å². The fourth-order valence-corrected chi connectivity index (χ4v) is 2.99. The summed E-state index contributed by atoms with van der Waals surface area (Å²) in [7, 11) is 1.33. The smallest absolute Gasteiger partial charge is 0.309 e. The Morgan fingerprint density at radius 2 is 1.91 bits per heavy atom. The van der Waals surface area contributed by atoms with E-state index < -0.39 is 40.2 Å². The van der Waals surface area contributed by atoms with E-state index >= 15 is 0 Å². The van der Waals surface area contributed by atoms with Crippen molar-refractivity contribution in [2.45, 2.75) is 32.9 Å². The van der Waals surface area contributed by atoms with Gasteiger partial charge in [-0.3, -0.25) is 19.0 Å². The van der Waals surface area contributed by atoms with Crippen LogP contribution in [-0.4, -0.2) is 36.7 Å². The maximum Gasteiger partial charge on any atom is 0.309 e.